The molecule has 0 aromatic heterocycles. The first-order valence-corrected chi connectivity index (χ1v) is 3.20. The predicted molar refractivity (Wildman–Crippen MR) is 48.0 cm³/mol. The van der Waals surface area contributed by atoms with Crippen molar-refractivity contribution in [3.05, 3.63) is 29.3 Å². The van der Waals surface area contributed by atoms with Crippen LogP contribution in [0, 0.1) is 11.3 Å². The molecule has 0 saturated heterocycles. The van der Waals surface area contributed by atoms with E-state index in [1.807, 2.05) is 6.07 Å². The smallest absolute Gasteiger partial charge is 0.120 e. The number of hydrogen-bond donors (Lipinski definition) is 2. The molecular formula is C8H9ClN2O. The Hall–Kier alpha value is -1.24. The number of aromatic hydroxyl groups is 1. The summed E-state index contributed by atoms with van der Waals surface area (Å²) < 4.78 is 0. The Morgan fingerprint density at radius 2 is 2.17 bits per heavy atom. The van der Waals surface area contributed by atoms with Crippen LogP contribution in [-0.2, 0) is 6.54 Å². The molecule has 0 aliphatic heterocycles. The summed E-state index contributed by atoms with van der Waals surface area (Å²) in [5.41, 5.74) is 6.42. The third kappa shape index (κ3) is 2.12. The van der Waals surface area contributed by atoms with Crippen molar-refractivity contribution in [2.24, 2.45) is 5.73 Å². The van der Waals surface area contributed by atoms with Gasteiger partial charge in [-0.3, -0.25) is 0 Å². The summed E-state index contributed by atoms with van der Waals surface area (Å²) in [5, 5.41) is 17.6. The Morgan fingerprint density at radius 3 is 2.67 bits per heavy atom. The second kappa shape index (κ2) is 4.60. The number of benzene rings is 1. The van der Waals surface area contributed by atoms with Crippen molar-refractivity contribution in [1.82, 2.24) is 0 Å². The van der Waals surface area contributed by atoms with E-state index in [0.717, 1.165) is 0 Å². The zero-order chi connectivity index (χ0) is 8.27. The van der Waals surface area contributed by atoms with Crippen molar-refractivity contribution in [3.63, 3.8) is 0 Å². The molecule has 1 rings (SSSR count). The van der Waals surface area contributed by atoms with Gasteiger partial charge in [-0.15, -0.1) is 12.4 Å². The summed E-state index contributed by atoms with van der Waals surface area (Å²) in [5.74, 6) is 0.145. The molecule has 0 saturated carbocycles. The lowest BCUT2D eigenvalue weighted by atomic mass is 10.1. The average molecular weight is 185 g/mol. The van der Waals surface area contributed by atoms with Gasteiger partial charge in [0.15, 0.2) is 0 Å². The largest absolute Gasteiger partial charge is 0.508 e. The standard InChI is InChI=1S/C8H8N2O.ClH/c9-4-6-1-2-8(11)7(3-6)5-10;/h1-3,11H,5,10H2;1H. The van der Waals surface area contributed by atoms with Crippen LogP contribution in [0.5, 0.6) is 5.75 Å². The molecule has 0 unspecified atom stereocenters. The van der Waals surface area contributed by atoms with Gasteiger partial charge < -0.3 is 10.8 Å². The zero-order valence-corrected chi connectivity index (χ0v) is 7.14. The Bertz CT molecular complexity index is 306. The number of halogens is 1. The van der Waals surface area contributed by atoms with Crippen molar-refractivity contribution < 1.29 is 5.11 Å². The maximum absolute atomic E-state index is 9.14. The fourth-order valence-electron chi connectivity index (χ4n) is 0.819. The fraction of sp³-hybridized carbons (Fsp3) is 0.125. The van der Waals surface area contributed by atoms with Crippen LogP contribution < -0.4 is 5.73 Å². The van der Waals surface area contributed by atoms with Gasteiger partial charge >= 0.3 is 0 Å². The normalized spacial score (nSPS) is 8.33. The van der Waals surface area contributed by atoms with Gasteiger partial charge in [0.2, 0.25) is 0 Å². The van der Waals surface area contributed by atoms with Gasteiger partial charge in [0.05, 0.1) is 11.6 Å². The van der Waals surface area contributed by atoms with Gasteiger partial charge in [0.1, 0.15) is 5.75 Å². The van der Waals surface area contributed by atoms with Gasteiger partial charge in [0.25, 0.3) is 0 Å². The minimum absolute atomic E-state index is 0. The molecule has 4 heteroatoms. The lowest BCUT2D eigenvalue weighted by Crippen LogP contribution is -1.96. The Morgan fingerprint density at radius 1 is 1.50 bits per heavy atom. The van der Waals surface area contributed by atoms with Gasteiger partial charge in [-0.1, -0.05) is 0 Å². The Labute approximate surface area is 76.8 Å². The van der Waals surface area contributed by atoms with Crippen LogP contribution in [-0.4, -0.2) is 5.11 Å². The van der Waals surface area contributed by atoms with Crippen LogP contribution in [0.3, 0.4) is 0 Å². The molecule has 0 aliphatic carbocycles. The quantitative estimate of drug-likeness (QED) is 0.688. The highest BCUT2D eigenvalue weighted by molar-refractivity contribution is 5.85. The van der Waals surface area contributed by atoms with E-state index in [-0.39, 0.29) is 24.7 Å². The van der Waals surface area contributed by atoms with Crippen LogP contribution in [0.2, 0.25) is 0 Å². The van der Waals surface area contributed by atoms with Crippen molar-refractivity contribution in [2.75, 3.05) is 0 Å². The van der Waals surface area contributed by atoms with E-state index in [1.54, 1.807) is 12.1 Å². The van der Waals surface area contributed by atoms with E-state index in [1.165, 1.54) is 6.07 Å². The van der Waals surface area contributed by atoms with E-state index in [9.17, 15) is 0 Å². The Kier molecular flexibility index (Phi) is 4.12. The number of nitrogens with two attached hydrogens (primary N) is 1. The Balaban J connectivity index is 0.00000121. The van der Waals surface area contributed by atoms with Crippen LogP contribution in [0.4, 0.5) is 0 Å². The molecule has 12 heavy (non-hydrogen) atoms. The number of phenols is 1. The number of nitrogens with zero attached hydrogens (tertiary/aromatic N) is 1. The molecule has 0 radical (unpaired) electrons. The molecular weight excluding hydrogens is 176 g/mol. The minimum Gasteiger partial charge on any atom is -0.508 e. The number of phenolic OH excluding ortho intramolecular Hbond substituents is 1. The van der Waals surface area contributed by atoms with E-state index < -0.39 is 0 Å². The van der Waals surface area contributed by atoms with Crippen molar-refractivity contribution in [2.45, 2.75) is 6.54 Å². The lowest BCUT2D eigenvalue weighted by molar-refractivity contribution is 0.468. The molecule has 0 fully saturated rings. The molecule has 1 aromatic carbocycles. The molecule has 3 nitrogen and oxygen atoms in total. The van der Waals surface area contributed by atoms with Gasteiger partial charge in [-0.2, -0.15) is 5.26 Å². The third-order valence-electron chi connectivity index (χ3n) is 1.43. The first-order valence-electron chi connectivity index (χ1n) is 3.20. The molecule has 0 amide bonds. The number of rotatable bonds is 1. The summed E-state index contributed by atoms with van der Waals surface area (Å²) >= 11 is 0. The minimum atomic E-state index is 0. The third-order valence-corrected chi connectivity index (χ3v) is 1.43. The molecule has 0 aliphatic rings. The summed E-state index contributed by atoms with van der Waals surface area (Å²) in [6, 6.07) is 6.56. The van der Waals surface area contributed by atoms with E-state index in [2.05, 4.69) is 0 Å². The SMILES string of the molecule is Cl.N#Cc1ccc(O)c(CN)c1. The summed E-state index contributed by atoms with van der Waals surface area (Å²) in [6.45, 7) is 0.251. The predicted octanol–water partition coefficient (Wildman–Crippen LogP) is 1.14. The first kappa shape index (κ1) is 10.8. The maximum Gasteiger partial charge on any atom is 0.120 e. The fourth-order valence-corrected chi connectivity index (χ4v) is 0.819. The van der Waals surface area contributed by atoms with Crippen molar-refractivity contribution in [1.29, 1.82) is 5.26 Å². The lowest BCUT2D eigenvalue weighted by Gasteiger charge is -1.99. The number of nitriles is 1. The molecule has 0 atom stereocenters. The summed E-state index contributed by atoms with van der Waals surface area (Å²) in [4.78, 5) is 0. The van der Waals surface area contributed by atoms with Gasteiger partial charge in [0, 0.05) is 12.1 Å². The van der Waals surface area contributed by atoms with E-state index in [0.29, 0.717) is 11.1 Å². The van der Waals surface area contributed by atoms with Crippen LogP contribution in [0.1, 0.15) is 11.1 Å². The monoisotopic (exact) mass is 184 g/mol. The van der Waals surface area contributed by atoms with Crippen LogP contribution in [0.15, 0.2) is 18.2 Å². The van der Waals surface area contributed by atoms with E-state index in [4.69, 9.17) is 16.1 Å². The molecule has 3 N–H and O–H groups in total. The average Bonchev–Trinajstić information content (AvgIpc) is 2.05. The van der Waals surface area contributed by atoms with Crippen LogP contribution in [0.25, 0.3) is 0 Å². The topological polar surface area (TPSA) is 70.0 Å². The molecule has 64 valence electrons. The zero-order valence-electron chi connectivity index (χ0n) is 6.32. The first-order chi connectivity index (χ1) is 5.27. The molecule has 0 spiro atoms. The highest BCUT2D eigenvalue weighted by Crippen LogP contribution is 2.16. The molecule has 0 bridgehead atoms. The van der Waals surface area contributed by atoms with Crippen molar-refractivity contribution >= 4 is 12.4 Å². The highest BCUT2D eigenvalue weighted by atomic mass is 35.5. The highest BCUT2D eigenvalue weighted by Gasteiger charge is 1.98. The molecule has 0 heterocycles. The van der Waals surface area contributed by atoms with Crippen LogP contribution >= 0.6 is 12.4 Å². The summed E-state index contributed by atoms with van der Waals surface area (Å²) in [7, 11) is 0. The maximum atomic E-state index is 9.14. The second-order valence-corrected chi connectivity index (χ2v) is 2.16. The molecule has 1 aromatic rings. The van der Waals surface area contributed by atoms with Gasteiger partial charge in [-0.25, -0.2) is 0 Å². The second-order valence-electron chi connectivity index (χ2n) is 2.16. The van der Waals surface area contributed by atoms with E-state index >= 15 is 0 Å². The van der Waals surface area contributed by atoms with Gasteiger partial charge in [-0.05, 0) is 18.2 Å². The summed E-state index contributed by atoms with van der Waals surface area (Å²) in [6.07, 6.45) is 0. The van der Waals surface area contributed by atoms with Crippen molar-refractivity contribution in [3.8, 4) is 11.8 Å². The number of hydrogen-bond acceptors (Lipinski definition) is 3.